The maximum absolute atomic E-state index is 11.9. The first-order valence-corrected chi connectivity index (χ1v) is 6.27. The highest BCUT2D eigenvalue weighted by Gasteiger charge is 2.19. The Morgan fingerprint density at radius 1 is 0.909 bits per heavy atom. The lowest BCUT2D eigenvalue weighted by atomic mass is 10.1. The van der Waals surface area contributed by atoms with E-state index in [1.807, 2.05) is 5.32 Å². The normalized spacial score (nSPS) is 9.82. The fraction of sp³-hybridized carbons (Fsp3) is 0. The summed E-state index contributed by atoms with van der Waals surface area (Å²) in [5.41, 5.74) is 6.23. The average Bonchev–Trinajstić information content (AvgIpc) is 2.49. The van der Waals surface area contributed by atoms with Crippen molar-refractivity contribution >= 4 is 29.1 Å². The Bertz CT molecular complexity index is 726. The van der Waals surface area contributed by atoms with Crippen LogP contribution in [0.4, 0.5) is 11.4 Å². The molecule has 2 aromatic carbocycles. The maximum atomic E-state index is 11.9. The van der Waals surface area contributed by atoms with Crippen LogP contribution in [0, 0.1) is 0 Å². The molecule has 0 saturated heterocycles. The zero-order chi connectivity index (χ0) is 16.1. The molecular weight excluding hydrogens is 286 g/mol. The Hall–Kier alpha value is -3.35. The lowest BCUT2D eigenvalue weighted by Crippen LogP contribution is -2.39. The van der Waals surface area contributed by atoms with Gasteiger partial charge in [-0.1, -0.05) is 12.1 Å². The molecule has 112 valence electrons. The van der Waals surface area contributed by atoms with Gasteiger partial charge in [-0.25, -0.2) is 0 Å². The molecule has 2 rings (SSSR count). The van der Waals surface area contributed by atoms with Crippen molar-refractivity contribution in [2.75, 3.05) is 11.1 Å². The number of hydrogen-bond acceptors (Lipinski definition) is 5. The van der Waals surface area contributed by atoms with Crippen molar-refractivity contribution in [3.05, 3.63) is 54.1 Å². The number of anilines is 2. The minimum absolute atomic E-state index is 0.0252. The van der Waals surface area contributed by atoms with Gasteiger partial charge in [-0.3, -0.25) is 19.7 Å². The molecule has 2 aromatic rings. The number of imide groups is 1. The number of benzene rings is 2. The first-order valence-electron chi connectivity index (χ1n) is 6.27. The molecule has 3 amide bonds. The quantitative estimate of drug-likeness (QED) is 0.372. The van der Waals surface area contributed by atoms with Gasteiger partial charge in [0, 0.05) is 11.4 Å². The molecule has 7 nitrogen and oxygen atoms in total. The van der Waals surface area contributed by atoms with Crippen molar-refractivity contribution in [2.24, 2.45) is 0 Å². The number of rotatable bonds is 2. The molecule has 0 unspecified atom stereocenters. The number of phenols is 1. The van der Waals surface area contributed by atoms with Gasteiger partial charge in [-0.15, -0.1) is 0 Å². The molecule has 22 heavy (non-hydrogen) atoms. The summed E-state index contributed by atoms with van der Waals surface area (Å²) in [6.07, 6.45) is 0. The summed E-state index contributed by atoms with van der Waals surface area (Å²) in [6, 6.07) is 11.7. The Labute approximate surface area is 125 Å². The molecule has 0 aromatic heterocycles. The molecule has 0 aliphatic carbocycles. The van der Waals surface area contributed by atoms with Gasteiger partial charge in [0.15, 0.2) is 0 Å². The lowest BCUT2D eigenvalue weighted by Gasteiger charge is -2.07. The third kappa shape index (κ3) is 3.60. The number of para-hydroxylation sites is 1. The number of nitrogens with two attached hydrogens (primary N) is 1. The number of hydrogen-bond donors (Lipinski definition) is 4. The van der Waals surface area contributed by atoms with Crippen LogP contribution >= 0.6 is 0 Å². The zero-order valence-corrected chi connectivity index (χ0v) is 11.4. The third-order valence-corrected chi connectivity index (χ3v) is 2.76. The molecule has 0 radical (unpaired) electrons. The summed E-state index contributed by atoms with van der Waals surface area (Å²) in [5.74, 6) is -2.85. The summed E-state index contributed by atoms with van der Waals surface area (Å²) in [6.45, 7) is 0. The number of phenolic OH excluding ortho intramolecular Hbond substituents is 1. The standard InChI is InChI=1S/C15H13N3O4/c16-12-4-2-1-3-11(12)13(20)18-15(22)14(21)17-9-5-7-10(19)8-6-9/h1-8,19H,16H2,(H,17,21)(H,18,20,22). The van der Waals surface area contributed by atoms with E-state index in [1.165, 1.54) is 36.4 Å². The van der Waals surface area contributed by atoms with Crippen LogP contribution in [0.5, 0.6) is 5.75 Å². The van der Waals surface area contributed by atoms with Gasteiger partial charge in [0.05, 0.1) is 5.56 Å². The third-order valence-electron chi connectivity index (χ3n) is 2.76. The van der Waals surface area contributed by atoms with Crippen molar-refractivity contribution in [3.63, 3.8) is 0 Å². The van der Waals surface area contributed by atoms with Gasteiger partial charge in [0.1, 0.15) is 5.75 Å². The van der Waals surface area contributed by atoms with Crippen molar-refractivity contribution in [1.82, 2.24) is 5.32 Å². The topological polar surface area (TPSA) is 122 Å². The van der Waals surface area contributed by atoms with Crippen molar-refractivity contribution < 1.29 is 19.5 Å². The van der Waals surface area contributed by atoms with Crippen LogP contribution in [0.2, 0.25) is 0 Å². The number of amides is 3. The predicted octanol–water partition coefficient (Wildman–Crippen LogP) is 0.869. The molecule has 0 fully saturated rings. The number of carbonyl (C=O) groups is 3. The Morgan fingerprint density at radius 2 is 1.55 bits per heavy atom. The molecule has 0 atom stereocenters. The van der Waals surface area contributed by atoms with Crippen LogP contribution in [-0.4, -0.2) is 22.8 Å². The van der Waals surface area contributed by atoms with Gasteiger partial charge >= 0.3 is 11.8 Å². The predicted molar refractivity (Wildman–Crippen MR) is 80.1 cm³/mol. The van der Waals surface area contributed by atoms with Gasteiger partial charge in [-0.05, 0) is 36.4 Å². The van der Waals surface area contributed by atoms with Gasteiger partial charge < -0.3 is 16.2 Å². The first kappa shape index (κ1) is 15.0. The summed E-state index contributed by atoms with van der Waals surface area (Å²) in [7, 11) is 0. The summed E-state index contributed by atoms with van der Waals surface area (Å²) < 4.78 is 0. The fourth-order valence-electron chi connectivity index (χ4n) is 1.66. The summed E-state index contributed by atoms with van der Waals surface area (Å²) in [4.78, 5) is 35.2. The largest absolute Gasteiger partial charge is 0.508 e. The molecule has 0 aliphatic rings. The van der Waals surface area contributed by atoms with Crippen LogP contribution in [0.25, 0.3) is 0 Å². The number of carbonyl (C=O) groups excluding carboxylic acids is 3. The molecule has 0 bridgehead atoms. The van der Waals surface area contributed by atoms with E-state index < -0.39 is 17.7 Å². The molecule has 0 saturated carbocycles. The minimum Gasteiger partial charge on any atom is -0.508 e. The van der Waals surface area contributed by atoms with Crippen LogP contribution < -0.4 is 16.4 Å². The first-order chi connectivity index (χ1) is 10.5. The van der Waals surface area contributed by atoms with Crippen molar-refractivity contribution in [2.45, 2.75) is 0 Å². The lowest BCUT2D eigenvalue weighted by molar-refractivity contribution is -0.135. The molecule has 0 heterocycles. The van der Waals surface area contributed by atoms with Crippen LogP contribution in [0.3, 0.4) is 0 Å². The summed E-state index contributed by atoms with van der Waals surface area (Å²) >= 11 is 0. The molecule has 0 spiro atoms. The molecule has 5 N–H and O–H groups in total. The second kappa shape index (κ2) is 6.40. The smallest absolute Gasteiger partial charge is 0.316 e. The van der Waals surface area contributed by atoms with E-state index in [1.54, 1.807) is 12.1 Å². The molecule has 7 heteroatoms. The number of aromatic hydroxyl groups is 1. The maximum Gasteiger partial charge on any atom is 0.316 e. The fourth-order valence-corrected chi connectivity index (χ4v) is 1.66. The van der Waals surface area contributed by atoms with Crippen LogP contribution in [0.15, 0.2) is 48.5 Å². The van der Waals surface area contributed by atoms with Crippen LogP contribution in [-0.2, 0) is 9.59 Å². The van der Waals surface area contributed by atoms with E-state index in [0.29, 0.717) is 5.69 Å². The van der Waals surface area contributed by atoms with E-state index in [9.17, 15) is 14.4 Å². The minimum atomic E-state index is -1.11. The highest BCUT2D eigenvalue weighted by molar-refractivity contribution is 6.42. The second-order valence-corrected chi connectivity index (χ2v) is 4.37. The Morgan fingerprint density at radius 3 is 2.18 bits per heavy atom. The SMILES string of the molecule is Nc1ccccc1C(=O)NC(=O)C(=O)Nc1ccc(O)cc1. The van der Waals surface area contributed by atoms with Gasteiger partial charge in [0.25, 0.3) is 5.91 Å². The molecule has 0 aliphatic heterocycles. The number of nitrogens with one attached hydrogen (secondary N) is 2. The average molecular weight is 299 g/mol. The van der Waals surface area contributed by atoms with E-state index in [0.717, 1.165) is 0 Å². The van der Waals surface area contributed by atoms with E-state index in [4.69, 9.17) is 10.8 Å². The zero-order valence-electron chi connectivity index (χ0n) is 11.4. The number of nitrogen functional groups attached to an aromatic ring is 1. The monoisotopic (exact) mass is 299 g/mol. The highest BCUT2D eigenvalue weighted by atomic mass is 16.3. The molecular formula is C15H13N3O4. The Balaban J connectivity index is 1.99. The van der Waals surface area contributed by atoms with E-state index >= 15 is 0 Å². The Kier molecular flexibility index (Phi) is 4.38. The van der Waals surface area contributed by atoms with Gasteiger partial charge in [0.2, 0.25) is 0 Å². The highest BCUT2D eigenvalue weighted by Crippen LogP contribution is 2.13. The van der Waals surface area contributed by atoms with Crippen molar-refractivity contribution in [1.29, 1.82) is 0 Å². The second-order valence-electron chi connectivity index (χ2n) is 4.37. The van der Waals surface area contributed by atoms with E-state index in [2.05, 4.69) is 5.32 Å². The summed E-state index contributed by atoms with van der Waals surface area (Å²) in [5, 5.41) is 13.4. The van der Waals surface area contributed by atoms with Gasteiger partial charge in [-0.2, -0.15) is 0 Å². The van der Waals surface area contributed by atoms with Crippen molar-refractivity contribution in [3.8, 4) is 5.75 Å². The van der Waals surface area contributed by atoms with Crippen LogP contribution in [0.1, 0.15) is 10.4 Å². The van der Waals surface area contributed by atoms with E-state index in [-0.39, 0.29) is 17.0 Å².